The lowest BCUT2D eigenvalue weighted by Gasteiger charge is -2.11. The van der Waals surface area contributed by atoms with Gasteiger partial charge in [0.1, 0.15) is 6.67 Å². The molecule has 108 valence electrons. The molecule has 0 saturated carbocycles. The molecule has 0 amide bonds. The predicted molar refractivity (Wildman–Crippen MR) is 67.5 cm³/mol. The van der Waals surface area contributed by atoms with E-state index in [0.29, 0.717) is 11.1 Å². The standard InChI is InChI=1S/C13H11ClF4N2/c14-12-10(2-1-3-11(12)13(16,17)18)6-9-7-19-20(8-9)5-4-15/h1-3,7-8H,4-6H2. The van der Waals surface area contributed by atoms with Crippen molar-refractivity contribution in [3.05, 3.63) is 52.3 Å². The van der Waals surface area contributed by atoms with Crippen molar-refractivity contribution in [2.24, 2.45) is 0 Å². The van der Waals surface area contributed by atoms with Crippen molar-refractivity contribution in [2.45, 2.75) is 19.1 Å². The molecule has 2 rings (SSSR count). The maximum Gasteiger partial charge on any atom is 0.417 e. The first-order valence-electron chi connectivity index (χ1n) is 5.83. The summed E-state index contributed by atoms with van der Waals surface area (Å²) < 4.78 is 51.7. The van der Waals surface area contributed by atoms with Crippen molar-refractivity contribution in [2.75, 3.05) is 6.67 Å². The molecule has 7 heteroatoms. The van der Waals surface area contributed by atoms with Gasteiger partial charge < -0.3 is 0 Å². The van der Waals surface area contributed by atoms with Crippen LogP contribution in [0.1, 0.15) is 16.7 Å². The third kappa shape index (κ3) is 3.30. The zero-order chi connectivity index (χ0) is 14.8. The average molecular weight is 307 g/mol. The fourth-order valence-corrected chi connectivity index (χ4v) is 2.16. The van der Waals surface area contributed by atoms with Crippen LogP contribution in [0.15, 0.2) is 30.6 Å². The van der Waals surface area contributed by atoms with Crippen LogP contribution in [-0.4, -0.2) is 16.5 Å². The largest absolute Gasteiger partial charge is 0.417 e. The summed E-state index contributed by atoms with van der Waals surface area (Å²) in [7, 11) is 0. The fourth-order valence-electron chi connectivity index (χ4n) is 1.86. The molecule has 2 nitrogen and oxygen atoms in total. The molecule has 0 aliphatic carbocycles. The molecule has 0 unspecified atom stereocenters. The van der Waals surface area contributed by atoms with Crippen LogP contribution in [-0.2, 0) is 19.1 Å². The van der Waals surface area contributed by atoms with Crippen LogP contribution in [0.2, 0.25) is 5.02 Å². The Morgan fingerprint density at radius 3 is 2.65 bits per heavy atom. The summed E-state index contributed by atoms with van der Waals surface area (Å²) in [6, 6.07) is 3.79. The second-order valence-electron chi connectivity index (χ2n) is 4.25. The van der Waals surface area contributed by atoms with Crippen molar-refractivity contribution in [1.29, 1.82) is 0 Å². The number of halogens is 5. The molecular weight excluding hydrogens is 296 g/mol. The van der Waals surface area contributed by atoms with Crippen molar-refractivity contribution in [3.8, 4) is 0 Å². The van der Waals surface area contributed by atoms with Gasteiger partial charge in [0.05, 0.1) is 23.3 Å². The Hall–Kier alpha value is -1.56. The minimum absolute atomic E-state index is 0.121. The molecule has 1 heterocycles. The van der Waals surface area contributed by atoms with Gasteiger partial charge in [-0.3, -0.25) is 4.68 Å². The third-order valence-electron chi connectivity index (χ3n) is 2.78. The Morgan fingerprint density at radius 2 is 2.00 bits per heavy atom. The van der Waals surface area contributed by atoms with E-state index in [1.165, 1.54) is 23.0 Å². The summed E-state index contributed by atoms with van der Waals surface area (Å²) in [6.45, 7) is -0.429. The molecule has 0 spiro atoms. The topological polar surface area (TPSA) is 17.8 Å². The molecule has 0 bridgehead atoms. The maximum absolute atomic E-state index is 12.7. The van der Waals surface area contributed by atoms with E-state index in [2.05, 4.69) is 5.10 Å². The van der Waals surface area contributed by atoms with E-state index in [1.54, 1.807) is 6.20 Å². The lowest BCUT2D eigenvalue weighted by atomic mass is 10.0. The van der Waals surface area contributed by atoms with Crippen LogP contribution in [0.5, 0.6) is 0 Å². The summed E-state index contributed by atoms with van der Waals surface area (Å²) in [6.07, 6.45) is -1.18. The van der Waals surface area contributed by atoms with Crippen LogP contribution in [0.3, 0.4) is 0 Å². The van der Waals surface area contributed by atoms with Crippen molar-refractivity contribution in [3.63, 3.8) is 0 Å². The quantitative estimate of drug-likeness (QED) is 0.777. The van der Waals surface area contributed by atoms with Crippen molar-refractivity contribution >= 4 is 11.6 Å². The van der Waals surface area contributed by atoms with Gasteiger partial charge in [0.15, 0.2) is 0 Å². The first kappa shape index (κ1) is 14.8. The van der Waals surface area contributed by atoms with Crippen LogP contribution in [0.25, 0.3) is 0 Å². The predicted octanol–water partition coefficient (Wildman–Crippen LogP) is 4.12. The first-order valence-corrected chi connectivity index (χ1v) is 6.21. The van der Waals surface area contributed by atoms with E-state index < -0.39 is 18.4 Å². The fraction of sp³-hybridized carbons (Fsp3) is 0.308. The first-order chi connectivity index (χ1) is 9.41. The Labute approximate surface area is 118 Å². The molecule has 0 atom stereocenters. The molecular formula is C13H11ClF4N2. The maximum atomic E-state index is 12.7. The second kappa shape index (κ2) is 5.83. The third-order valence-corrected chi connectivity index (χ3v) is 3.23. The minimum atomic E-state index is -4.48. The molecule has 2 aromatic rings. The highest BCUT2D eigenvalue weighted by Crippen LogP contribution is 2.36. The number of hydrogen-bond donors (Lipinski definition) is 0. The summed E-state index contributed by atoms with van der Waals surface area (Å²) in [5.41, 5.74) is 0.189. The van der Waals surface area contributed by atoms with E-state index >= 15 is 0 Å². The molecule has 0 saturated heterocycles. The van der Waals surface area contributed by atoms with Gasteiger partial charge in [-0.15, -0.1) is 0 Å². The number of aromatic nitrogens is 2. The molecule has 0 radical (unpaired) electrons. The van der Waals surface area contributed by atoms with Gasteiger partial charge in [0.2, 0.25) is 0 Å². The summed E-state index contributed by atoms with van der Waals surface area (Å²) >= 11 is 5.80. The molecule has 0 fully saturated rings. The number of alkyl halides is 4. The van der Waals surface area contributed by atoms with Gasteiger partial charge in [-0.1, -0.05) is 23.7 Å². The summed E-state index contributed by atoms with van der Waals surface area (Å²) in [4.78, 5) is 0. The number of aryl methyl sites for hydroxylation is 1. The van der Waals surface area contributed by atoms with E-state index in [0.717, 1.165) is 6.07 Å². The Morgan fingerprint density at radius 1 is 1.25 bits per heavy atom. The number of benzene rings is 1. The van der Waals surface area contributed by atoms with E-state index in [9.17, 15) is 17.6 Å². The number of hydrogen-bond acceptors (Lipinski definition) is 1. The Balaban J connectivity index is 2.25. The van der Waals surface area contributed by atoms with Gasteiger partial charge in [-0.25, -0.2) is 4.39 Å². The normalized spacial score (nSPS) is 11.8. The summed E-state index contributed by atoms with van der Waals surface area (Å²) in [5, 5.41) is 3.61. The van der Waals surface area contributed by atoms with Crippen LogP contribution >= 0.6 is 11.6 Å². The van der Waals surface area contributed by atoms with Crippen LogP contribution in [0, 0.1) is 0 Å². The highest BCUT2D eigenvalue weighted by atomic mass is 35.5. The van der Waals surface area contributed by atoms with Gasteiger partial charge in [0, 0.05) is 12.6 Å². The zero-order valence-corrected chi connectivity index (χ0v) is 11.0. The highest BCUT2D eigenvalue weighted by Gasteiger charge is 2.33. The Kier molecular flexibility index (Phi) is 4.32. The lowest BCUT2D eigenvalue weighted by molar-refractivity contribution is -0.137. The van der Waals surface area contributed by atoms with Gasteiger partial charge >= 0.3 is 6.18 Å². The van der Waals surface area contributed by atoms with Crippen molar-refractivity contribution in [1.82, 2.24) is 9.78 Å². The van der Waals surface area contributed by atoms with Gasteiger partial charge in [-0.2, -0.15) is 18.3 Å². The lowest BCUT2D eigenvalue weighted by Crippen LogP contribution is -2.07. The monoisotopic (exact) mass is 306 g/mol. The van der Waals surface area contributed by atoms with Crippen LogP contribution in [0.4, 0.5) is 17.6 Å². The average Bonchev–Trinajstić information content (AvgIpc) is 2.78. The Bertz CT molecular complexity index is 592. The smallest absolute Gasteiger partial charge is 0.270 e. The SMILES string of the molecule is FCCn1cc(Cc2cccc(C(F)(F)F)c2Cl)cn1. The van der Waals surface area contributed by atoms with Crippen LogP contribution < -0.4 is 0 Å². The van der Waals surface area contributed by atoms with E-state index in [-0.39, 0.29) is 18.0 Å². The highest BCUT2D eigenvalue weighted by molar-refractivity contribution is 6.32. The minimum Gasteiger partial charge on any atom is -0.270 e. The number of nitrogens with zero attached hydrogens (tertiary/aromatic N) is 2. The second-order valence-corrected chi connectivity index (χ2v) is 4.63. The number of rotatable bonds is 4. The van der Waals surface area contributed by atoms with Gasteiger partial charge in [-0.05, 0) is 17.2 Å². The van der Waals surface area contributed by atoms with E-state index in [4.69, 9.17) is 11.6 Å². The molecule has 1 aromatic carbocycles. The molecule has 0 aliphatic heterocycles. The molecule has 0 N–H and O–H groups in total. The molecule has 0 aliphatic rings. The summed E-state index contributed by atoms with van der Waals surface area (Å²) in [5.74, 6) is 0. The zero-order valence-electron chi connectivity index (χ0n) is 10.3. The van der Waals surface area contributed by atoms with Gasteiger partial charge in [0.25, 0.3) is 0 Å². The van der Waals surface area contributed by atoms with Crippen molar-refractivity contribution < 1.29 is 17.6 Å². The molecule has 1 aromatic heterocycles. The van der Waals surface area contributed by atoms with E-state index in [1.807, 2.05) is 0 Å². The molecule has 20 heavy (non-hydrogen) atoms.